The van der Waals surface area contributed by atoms with Crippen LogP contribution in [0.4, 0.5) is 0 Å². The van der Waals surface area contributed by atoms with Crippen molar-refractivity contribution in [3.8, 4) is 0 Å². The molecule has 0 aromatic heterocycles. The standard InChI is InChI=1S/C12H23NO3S/c1-4-6-8(12(14)15)13-9-7-10(16-5-2)11(9)17-3/h8-11,13H,4-7H2,1-3H3,(H,14,15). The Hall–Kier alpha value is -0.260. The number of hydrogen-bond acceptors (Lipinski definition) is 4. The molecule has 0 saturated heterocycles. The third-order valence-corrected chi connectivity index (χ3v) is 4.37. The quantitative estimate of drug-likeness (QED) is 0.697. The predicted octanol–water partition coefficient (Wildman–Crippen LogP) is 1.74. The van der Waals surface area contributed by atoms with Gasteiger partial charge in [-0.2, -0.15) is 11.8 Å². The van der Waals surface area contributed by atoms with Crippen molar-refractivity contribution in [3.05, 3.63) is 0 Å². The summed E-state index contributed by atoms with van der Waals surface area (Å²) < 4.78 is 5.61. The number of aliphatic carboxylic acids is 1. The van der Waals surface area contributed by atoms with Crippen molar-refractivity contribution in [1.82, 2.24) is 5.32 Å². The Labute approximate surface area is 107 Å². The van der Waals surface area contributed by atoms with Gasteiger partial charge in [0, 0.05) is 17.9 Å². The van der Waals surface area contributed by atoms with Crippen LogP contribution in [0.3, 0.4) is 0 Å². The molecule has 0 aliphatic heterocycles. The van der Waals surface area contributed by atoms with E-state index in [2.05, 4.69) is 11.6 Å². The second-order valence-electron chi connectivity index (χ2n) is 4.38. The minimum absolute atomic E-state index is 0.272. The van der Waals surface area contributed by atoms with Crippen LogP contribution in [0, 0.1) is 0 Å². The van der Waals surface area contributed by atoms with Crippen LogP contribution >= 0.6 is 11.8 Å². The van der Waals surface area contributed by atoms with Crippen LogP contribution in [-0.2, 0) is 9.53 Å². The van der Waals surface area contributed by atoms with Crippen LogP contribution in [-0.4, -0.2) is 47.4 Å². The highest BCUT2D eigenvalue weighted by Crippen LogP contribution is 2.33. The van der Waals surface area contributed by atoms with Crippen LogP contribution in [0.2, 0.25) is 0 Å². The van der Waals surface area contributed by atoms with Gasteiger partial charge in [0.25, 0.3) is 0 Å². The Balaban J connectivity index is 2.43. The molecule has 0 heterocycles. The molecule has 4 atom stereocenters. The molecule has 0 bridgehead atoms. The van der Waals surface area contributed by atoms with Crippen LogP contribution < -0.4 is 5.32 Å². The third kappa shape index (κ3) is 3.86. The highest BCUT2D eigenvalue weighted by atomic mass is 32.2. The molecular formula is C12H23NO3S. The SMILES string of the molecule is CCCC(NC1CC(OCC)C1SC)C(=O)O. The summed E-state index contributed by atoms with van der Waals surface area (Å²) in [7, 11) is 0. The van der Waals surface area contributed by atoms with Gasteiger partial charge in [0.1, 0.15) is 6.04 Å². The minimum atomic E-state index is -0.744. The highest BCUT2D eigenvalue weighted by molar-refractivity contribution is 7.99. The molecule has 5 heteroatoms. The first kappa shape index (κ1) is 14.8. The molecule has 0 aromatic rings. The van der Waals surface area contributed by atoms with Gasteiger partial charge in [0.05, 0.1) is 6.10 Å². The Morgan fingerprint density at radius 1 is 1.59 bits per heavy atom. The fraction of sp³-hybridized carbons (Fsp3) is 0.917. The van der Waals surface area contributed by atoms with Gasteiger partial charge in [0.2, 0.25) is 0 Å². The Morgan fingerprint density at radius 3 is 2.76 bits per heavy atom. The zero-order valence-corrected chi connectivity index (χ0v) is 11.6. The van der Waals surface area contributed by atoms with Gasteiger partial charge in [-0.15, -0.1) is 0 Å². The summed E-state index contributed by atoms with van der Waals surface area (Å²) in [5, 5.41) is 12.7. The zero-order chi connectivity index (χ0) is 12.8. The van der Waals surface area contributed by atoms with Crippen molar-refractivity contribution in [3.63, 3.8) is 0 Å². The molecule has 4 unspecified atom stereocenters. The lowest BCUT2D eigenvalue weighted by atomic mass is 9.87. The Morgan fingerprint density at radius 2 is 2.29 bits per heavy atom. The largest absolute Gasteiger partial charge is 0.480 e. The third-order valence-electron chi connectivity index (χ3n) is 3.19. The lowest BCUT2D eigenvalue weighted by molar-refractivity contribution is -0.140. The van der Waals surface area contributed by atoms with E-state index in [1.165, 1.54) is 0 Å². The summed E-state index contributed by atoms with van der Waals surface area (Å²) in [6.07, 6.45) is 4.83. The second-order valence-corrected chi connectivity index (χ2v) is 5.40. The van der Waals surface area contributed by atoms with E-state index in [4.69, 9.17) is 9.84 Å². The van der Waals surface area contributed by atoms with E-state index in [1.807, 2.05) is 13.8 Å². The Bertz CT molecular complexity index is 250. The van der Waals surface area contributed by atoms with E-state index in [9.17, 15) is 4.79 Å². The molecule has 1 aliphatic rings. The summed E-state index contributed by atoms with van der Waals surface area (Å²) in [6.45, 7) is 4.73. The van der Waals surface area contributed by atoms with Gasteiger partial charge in [-0.25, -0.2) is 0 Å². The van der Waals surface area contributed by atoms with Gasteiger partial charge in [0.15, 0.2) is 0 Å². The van der Waals surface area contributed by atoms with E-state index in [0.29, 0.717) is 11.7 Å². The number of nitrogens with one attached hydrogen (secondary N) is 1. The first-order valence-corrected chi connectivity index (χ1v) is 7.56. The van der Waals surface area contributed by atoms with Crippen molar-refractivity contribution in [2.75, 3.05) is 12.9 Å². The maximum Gasteiger partial charge on any atom is 0.320 e. The average Bonchev–Trinajstić information content (AvgIpc) is 2.26. The van der Waals surface area contributed by atoms with Crippen molar-refractivity contribution in [1.29, 1.82) is 0 Å². The lowest BCUT2D eigenvalue weighted by Gasteiger charge is -2.44. The van der Waals surface area contributed by atoms with E-state index in [-0.39, 0.29) is 12.1 Å². The summed E-state index contributed by atoms with van der Waals surface area (Å²) in [4.78, 5) is 11.1. The monoisotopic (exact) mass is 261 g/mol. The number of thioether (sulfide) groups is 1. The van der Waals surface area contributed by atoms with E-state index in [1.54, 1.807) is 11.8 Å². The number of carboxylic acids is 1. The maximum atomic E-state index is 11.1. The van der Waals surface area contributed by atoms with E-state index >= 15 is 0 Å². The fourth-order valence-corrected chi connectivity index (χ4v) is 3.27. The number of ether oxygens (including phenoxy) is 1. The number of rotatable bonds is 8. The lowest BCUT2D eigenvalue weighted by Crippen LogP contribution is -2.60. The molecule has 1 rings (SSSR count). The molecule has 0 spiro atoms. The molecule has 100 valence electrons. The molecule has 2 N–H and O–H groups in total. The molecule has 1 fully saturated rings. The molecule has 1 saturated carbocycles. The molecule has 4 nitrogen and oxygen atoms in total. The zero-order valence-electron chi connectivity index (χ0n) is 10.8. The molecular weight excluding hydrogens is 238 g/mol. The van der Waals surface area contributed by atoms with Crippen LogP contribution in [0.15, 0.2) is 0 Å². The second kappa shape index (κ2) is 7.24. The fourth-order valence-electron chi connectivity index (χ4n) is 2.26. The van der Waals surface area contributed by atoms with Gasteiger partial charge in [-0.3, -0.25) is 4.79 Å². The number of carboxylic acid groups (broad SMARTS) is 1. The van der Waals surface area contributed by atoms with Crippen LogP contribution in [0.5, 0.6) is 0 Å². The van der Waals surface area contributed by atoms with Gasteiger partial charge < -0.3 is 15.2 Å². The normalized spacial score (nSPS) is 29.7. The van der Waals surface area contributed by atoms with Crippen molar-refractivity contribution in [2.24, 2.45) is 0 Å². The van der Waals surface area contributed by atoms with Crippen molar-refractivity contribution >= 4 is 17.7 Å². The first-order chi connectivity index (χ1) is 8.13. The minimum Gasteiger partial charge on any atom is -0.480 e. The van der Waals surface area contributed by atoms with Crippen LogP contribution in [0.1, 0.15) is 33.1 Å². The van der Waals surface area contributed by atoms with Crippen molar-refractivity contribution in [2.45, 2.75) is 56.5 Å². The summed E-state index contributed by atoms with van der Waals surface area (Å²) in [6, 6.07) is -0.142. The van der Waals surface area contributed by atoms with E-state index < -0.39 is 12.0 Å². The van der Waals surface area contributed by atoms with Gasteiger partial charge >= 0.3 is 5.97 Å². The highest BCUT2D eigenvalue weighted by Gasteiger charge is 2.42. The smallest absolute Gasteiger partial charge is 0.320 e. The summed E-state index contributed by atoms with van der Waals surface area (Å²) >= 11 is 1.76. The summed E-state index contributed by atoms with van der Waals surface area (Å²) in [5.41, 5.74) is 0. The van der Waals surface area contributed by atoms with Gasteiger partial charge in [-0.1, -0.05) is 13.3 Å². The maximum absolute atomic E-state index is 11.1. The Kier molecular flexibility index (Phi) is 6.30. The average molecular weight is 261 g/mol. The predicted molar refractivity (Wildman–Crippen MR) is 70.6 cm³/mol. The van der Waals surface area contributed by atoms with Crippen LogP contribution in [0.25, 0.3) is 0 Å². The van der Waals surface area contributed by atoms with E-state index in [0.717, 1.165) is 19.4 Å². The number of hydrogen-bond donors (Lipinski definition) is 2. The topological polar surface area (TPSA) is 58.6 Å². The molecule has 17 heavy (non-hydrogen) atoms. The molecule has 0 amide bonds. The van der Waals surface area contributed by atoms with Crippen molar-refractivity contribution < 1.29 is 14.6 Å². The summed E-state index contributed by atoms with van der Waals surface area (Å²) in [5.74, 6) is -0.744. The molecule has 0 aromatic carbocycles. The molecule has 1 aliphatic carbocycles. The first-order valence-electron chi connectivity index (χ1n) is 6.27. The molecule has 0 radical (unpaired) electrons. The number of carbonyl (C=O) groups is 1. The van der Waals surface area contributed by atoms with Gasteiger partial charge in [-0.05, 0) is 26.0 Å².